The Labute approximate surface area is 67.6 Å². The Morgan fingerprint density at radius 1 is 1.50 bits per heavy atom. The van der Waals surface area contributed by atoms with Crippen LogP contribution in [0.3, 0.4) is 0 Å². The molecule has 0 aromatic carbocycles. The number of aryl methyl sites for hydroxylation is 1. The molecule has 0 bridgehead atoms. The third kappa shape index (κ3) is 1.07. The molecule has 0 spiro atoms. The lowest BCUT2D eigenvalue weighted by molar-refractivity contribution is 0.381. The third-order valence-corrected chi connectivity index (χ3v) is 1.32. The lowest BCUT2D eigenvalue weighted by Crippen LogP contribution is -1.81. The summed E-state index contributed by atoms with van der Waals surface area (Å²) in [6, 6.07) is 0. The summed E-state index contributed by atoms with van der Waals surface area (Å²) in [5.74, 6) is 1.17. The van der Waals surface area contributed by atoms with Gasteiger partial charge in [-0.2, -0.15) is 4.98 Å². The van der Waals surface area contributed by atoms with Gasteiger partial charge in [-0.1, -0.05) is 12.1 Å². The van der Waals surface area contributed by atoms with E-state index < -0.39 is 0 Å². The lowest BCUT2D eigenvalue weighted by atomic mass is 10.5. The Bertz CT molecular complexity index is 353. The maximum absolute atomic E-state index is 4.87. The molecule has 0 unspecified atom stereocenters. The summed E-state index contributed by atoms with van der Waals surface area (Å²) >= 11 is 0. The van der Waals surface area contributed by atoms with Gasteiger partial charge in [0.05, 0.1) is 0 Å². The highest BCUT2D eigenvalue weighted by molar-refractivity contribution is 5.36. The predicted octanol–water partition coefficient (Wildman–Crippen LogP) is 0.682. The van der Waals surface area contributed by atoms with Crippen LogP contribution in [0.4, 0.5) is 0 Å². The van der Waals surface area contributed by atoms with E-state index in [1.165, 1.54) is 6.39 Å². The van der Waals surface area contributed by atoms with Crippen molar-refractivity contribution < 1.29 is 8.94 Å². The van der Waals surface area contributed by atoms with E-state index >= 15 is 0 Å². The number of hydrogen-bond donors (Lipinski definition) is 0. The van der Waals surface area contributed by atoms with Gasteiger partial charge in [0.15, 0.2) is 0 Å². The van der Waals surface area contributed by atoms with Gasteiger partial charge in [0, 0.05) is 6.42 Å². The summed E-state index contributed by atoms with van der Waals surface area (Å²) in [4.78, 5) is 4.00. The van der Waals surface area contributed by atoms with Crippen molar-refractivity contribution in [2.24, 2.45) is 0 Å². The minimum Gasteiger partial charge on any atom is -0.421 e. The molecule has 0 aliphatic carbocycles. The Balaban J connectivity index is 2.35. The second-order valence-electron chi connectivity index (χ2n) is 2.11. The van der Waals surface area contributed by atoms with E-state index in [2.05, 4.69) is 20.3 Å². The minimum absolute atomic E-state index is 0.276. The first-order valence-electron chi connectivity index (χ1n) is 3.49. The molecule has 0 radical (unpaired) electrons. The van der Waals surface area contributed by atoms with Crippen LogP contribution in [0, 0.1) is 0 Å². The number of hydrogen-bond acceptors (Lipinski definition) is 6. The molecule has 62 valence electrons. The summed E-state index contributed by atoms with van der Waals surface area (Å²) in [7, 11) is 0. The summed E-state index contributed by atoms with van der Waals surface area (Å²) in [6.07, 6.45) is 1.92. The fourth-order valence-corrected chi connectivity index (χ4v) is 0.756. The van der Waals surface area contributed by atoms with Crippen molar-refractivity contribution >= 4 is 0 Å². The van der Waals surface area contributed by atoms with Crippen LogP contribution in [-0.2, 0) is 6.42 Å². The Hall–Kier alpha value is -1.72. The van der Waals surface area contributed by atoms with Crippen molar-refractivity contribution in [2.45, 2.75) is 13.3 Å². The zero-order valence-corrected chi connectivity index (χ0v) is 6.39. The van der Waals surface area contributed by atoms with Gasteiger partial charge in [-0.15, -0.1) is 10.2 Å². The molecular weight excluding hydrogens is 160 g/mol. The van der Waals surface area contributed by atoms with Gasteiger partial charge >= 0.3 is 0 Å². The normalized spacial score (nSPS) is 10.4. The average Bonchev–Trinajstić information content (AvgIpc) is 2.75. The Kier molecular flexibility index (Phi) is 1.58. The summed E-state index contributed by atoms with van der Waals surface area (Å²) in [5.41, 5.74) is 0. The van der Waals surface area contributed by atoms with Crippen LogP contribution in [0.2, 0.25) is 0 Å². The monoisotopic (exact) mass is 166 g/mol. The molecule has 0 aliphatic rings. The van der Waals surface area contributed by atoms with Gasteiger partial charge in [0.25, 0.3) is 11.7 Å². The maximum Gasteiger partial charge on any atom is 0.289 e. The van der Waals surface area contributed by atoms with E-state index in [1.807, 2.05) is 6.92 Å². The molecule has 0 atom stereocenters. The molecule has 2 rings (SSSR count). The van der Waals surface area contributed by atoms with Crippen molar-refractivity contribution in [1.82, 2.24) is 20.3 Å². The van der Waals surface area contributed by atoms with E-state index in [9.17, 15) is 0 Å². The highest BCUT2D eigenvalue weighted by Crippen LogP contribution is 2.10. The first-order valence-corrected chi connectivity index (χ1v) is 3.49. The van der Waals surface area contributed by atoms with E-state index in [0.29, 0.717) is 18.1 Å². The van der Waals surface area contributed by atoms with Crippen LogP contribution in [-0.4, -0.2) is 20.3 Å². The number of nitrogens with zero attached hydrogens (tertiary/aromatic N) is 4. The van der Waals surface area contributed by atoms with Crippen LogP contribution in [0.15, 0.2) is 15.3 Å². The van der Waals surface area contributed by atoms with E-state index in [-0.39, 0.29) is 5.89 Å². The molecular formula is C6H6N4O2. The molecule has 0 fully saturated rings. The Morgan fingerprint density at radius 3 is 3.00 bits per heavy atom. The second-order valence-corrected chi connectivity index (χ2v) is 2.11. The van der Waals surface area contributed by atoms with Gasteiger partial charge in [-0.3, -0.25) is 0 Å². The first kappa shape index (κ1) is 6.96. The molecule has 0 saturated heterocycles. The summed E-state index contributed by atoms with van der Waals surface area (Å²) in [5, 5.41) is 10.8. The predicted molar refractivity (Wildman–Crippen MR) is 37.0 cm³/mol. The van der Waals surface area contributed by atoms with Crippen LogP contribution >= 0.6 is 0 Å². The second kappa shape index (κ2) is 2.72. The minimum atomic E-state index is 0.276. The van der Waals surface area contributed by atoms with Crippen LogP contribution in [0.5, 0.6) is 0 Å². The molecule has 12 heavy (non-hydrogen) atoms. The molecule has 0 saturated carbocycles. The fourth-order valence-electron chi connectivity index (χ4n) is 0.756. The average molecular weight is 166 g/mol. The first-order chi connectivity index (χ1) is 5.90. The molecule has 6 heteroatoms. The van der Waals surface area contributed by atoms with Crippen LogP contribution in [0.1, 0.15) is 12.8 Å². The zero-order valence-electron chi connectivity index (χ0n) is 6.39. The highest BCUT2D eigenvalue weighted by atomic mass is 16.5. The van der Waals surface area contributed by atoms with Crippen molar-refractivity contribution in [3.63, 3.8) is 0 Å². The van der Waals surface area contributed by atoms with Gasteiger partial charge in [0.2, 0.25) is 12.3 Å². The summed E-state index contributed by atoms with van der Waals surface area (Å²) in [6.45, 7) is 1.92. The lowest BCUT2D eigenvalue weighted by Gasteiger charge is -1.78. The van der Waals surface area contributed by atoms with Crippen molar-refractivity contribution in [1.29, 1.82) is 0 Å². The maximum atomic E-state index is 4.87. The van der Waals surface area contributed by atoms with Gasteiger partial charge < -0.3 is 8.94 Å². The van der Waals surface area contributed by atoms with Crippen molar-refractivity contribution in [3.8, 4) is 11.7 Å². The quantitative estimate of drug-likeness (QED) is 0.652. The summed E-state index contributed by atoms with van der Waals surface area (Å²) < 4.78 is 9.72. The largest absolute Gasteiger partial charge is 0.421 e. The van der Waals surface area contributed by atoms with Crippen LogP contribution in [0.25, 0.3) is 11.7 Å². The third-order valence-electron chi connectivity index (χ3n) is 1.32. The van der Waals surface area contributed by atoms with Gasteiger partial charge in [-0.05, 0) is 0 Å². The van der Waals surface area contributed by atoms with E-state index in [0.717, 1.165) is 0 Å². The molecule has 6 nitrogen and oxygen atoms in total. The number of aromatic nitrogens is 4. The zero-order chi connectivity index (χ0) is 8.39. The smallest absolute Gasteiger partial charge is 0.289 e. The molecule has 0 aliphatic heterocycles. The highest BCUT2D eigenvalue weighted by Gasteiger charge is 2.11. The molecule has 2 aromatic heterocycles. The van der Waals surface area contributed by atoms with Crippen LogP contribution < -0.4 is 0 Å². The van der Waals surface area contributed by atoms with Crippen molar-refractivity contribution in [3.05, 3.63) is 12.3 Å². The molecule has 2 aromatic rings. The standard InChI is InChI=1S/C6H6N4O2/c1-2-4-8-5(10-12-4)6-9-7-3-11-6/h3H,2H2,1H3. The van der Waals surface area contributed by atoms with E-state index in [4.69, 9.17) is 8.94 Å². The van der Waals surface area contributed by atoms with E-state index in [1.54, 1.807) is 0 Å². The van der Waals surface area contributed by atoms with Crippen molar-refractivity contribution in [2.75, 3.05) is 0 Å². The topological polar surface area (TPSA) is 77.8 Å². The molecule has 0 N–H and O–H groups in total. The SMILES string of the molecule is CCc1nc(-c2nnco2)no1. The molecule has 2 heterocycles. The van der Waals surface area contributed by atoms with Gasteiger partial charge in [0.1, 0.15) is 0 Å². The van der Waals surface area contributed by atoms with Gasteiger partial charge in [-0.25, -0.2) is 0 Å². The number of rotatable bonds is 2. The Morgan fingerprint density at radius 2 is 2.42 bits per heavy atom. The fraction of sp³-hybridized carbons (Fsp3) is 0.333. The molecule has 0 amide bonds.